The fourth-order valence-corrected chi connectivity index (χ4v) is 2.75. The number of hydrogen-bond acceptors (Lipinski definition) is 5. The molecule has 0 saturated carbocycles. The molecule has 0 fully saturated rings. The molecule has 3 aromatic rings. The van der Waals surface area contributed by atoms with Gasteiger partial charge in [0.15, 0.2) is 11.3 Å². The van der Waals surface area contributed by atoms with E-state index in [1.165, 1.54) is 17.4 Å². The maximum absolute atomic E-state index is 11.1. The molecule has 1 heterocycles. The number of carbonyl (C=O) groups is 1. The van der Waals surface area contributed by atoms with Crippen LogP contribution in [0, 0.1) is 10.1 Å². The molecule has 21 heavy (non-hydrogen) atoms. The first-order chi connectivity index (χ1) is 10.2. The summed E-state index contributed by atoms with van der Waals surface area (Å²) in [5.74, 6) is 0.524. The first kappa shape index (κ1) is 13.3. The molecule has 2 aromatic carbocycles. The molecule has 5 nitrogen and oxygen atoms in total. The Kier molecular flexibility index (Phi) is 3.37. The number of ether oxygens (including phenoxy) is 1. The standard InChI is InChI=1S/C15H9NO4S/c17-9-10-5-8-15(21-10)20-14-7-6-13(16(18)19)11-3-1-2-4-12(11)14/h1-9H. The zero-order valence-corrected chi connectivity index (χ0v) is 11.5. The number of benzene rings is 2. The van der Waals surface area contributed by atoms with E-state index < -0.39 is 4.92 Å². The number of nitro benzene ring substituents is 1. The summed E-state index contributed by atoms with van der Waals surface area (Å²) in [5.41, 5.74) is 0.0395. The third-order valence-electron chi connectivity index (χ3n) is 2.99. The monoisotopic (exact) mass is 299 g/mol. The second-order valence-corrected chi connectivity index (χ2v) is 5.34. The van der Waals surface area contributed by atoms with Crippen molar-refractivity contribution in [1.82, 2.24) is 0 Å². The van der Waals surface area contributed by atoms with E-state index >= 15 is 0 Å². The van der Waals surface area contributed by atoms with Crippen LogP contribution < -0.4 is 4.74 Å². The van der Waals surface area contributed by atoms with E-state index in [1.807, 2.05) is 0 Å². The highest BCUT2D eigenvalue weighted by Crippen LogP contribution is 2.37. The Morgan fingerprint density at radius 2 is 1.81 bits per heavy atom. The molecule has 6 heteroatoms. The van der Waals surface area contributed by atoms with Crippen LogP contribution in [0.25, 0.3) is 10.8 Å². The minimum absolute atomic E-state index is 0.0395. The highest BCUT2D eigenvalue weighted by Gasteiger charge is 2.15. The van der Waals surface area contributed by atoms with Crippen molar-refractivity contribution in [2.45, 2.75) is 0 Å². The lowest BCUT2D eigenvalue weighted by Crippen LogP contribution is -1.91. The van der Waals surface area contributed by atoms with Crippen LogP contribution in [0.1, 0.15) is 9.67 Å². The van der Waals surface area contributed by atoms with E-state index in [2.05, 4.69) is 0 Å². The van der Waals surface area contributed by atoms with Crippen LogP contribution in [-0.2, 0) is 0 Å². The zero-order valence-electron chi connectivity index (χ0n) is 10.7. The number of non-ortho nitro benzene ring substituents is 1. The molecule has 3 rings (SSSR count). The highest BCUT2D eigenvalue weighted by molar-refractivity contribution is 7.15. The van der Waals surface area contributed by atoms with Gasteiger partial charge in [-0.25, -0.2) is 0 Å². The number of nitro groups is 1. The van der Waals surface area contributed by atoms with Gasteiger partial charge < -0.3 is 4.74 Å². The number of thiophene rings is 1. The molecule has 0 atom stereocenters. The van der Waals surface area contributed by atoms with Gasteiger partial charge in [0.05, 0.1) is 15.2 Å². The molecule has 0 N–H and O–H groups in total. The molecule has 0 aliphatic heterocycles. The maximum Gasteiger partial charge on any atom is 0.277 e. The lowest BCUT2D eigenvalue weighted by molar-refractivity contribution is -0.383. The summed E-state index contributed by atoms with van der Waals surface area (Å²) < 4.78 is 5.75. The topological polar surface area (TPSA) is 69.4 Å². The third kappa shape index (κ3) is 2.48. The SMILES string of the molecule is O=Cc1ccc(Oc2ccc([N+](=O)[O-])c3ccccc23)s1. The molecule has 0 unspecified atom stereocenters. The molecule has 104 valence electrons. The van der Waals surface area contributed by atoms with Crippen LogP contribution in [-0.4, -0.2) is 11.2 Å². The van der Waals surface area contributed by atoms with Gasteiger partial charge in [-0.15, -0.1) is 0 Å². The summed E-state index contributed by atoms with van der Waals surface area (Å²) in [7, 11) is 0. The fraction of sp³-hybridized carbons (Fsp3) is 0. The van der Waals surface area contributed by atoms with Crippen LogP contribution in [0.15, 0.2) is 48.5 Å². The summed E-state index contributed by atoms with van der Waals surface area (Å²) in [6.45, 7) is 0. The van der Waals surface area contributed by atoms with Crippen LogP contribution in [0.5, 0.6) is 10.8 Å². The predicted molar refractivity (Wildman–Crippen MR) is 80.4 cm³/mol. The normalized spacial score (nSPS) is 10.5. The number of rotatable bonds is 4. The molecule has 0 saturated heterocycles. The Balaban J connectivity index is 2.09. The van der Waals surface area contributed by atoms with Crippen molar-refractivity contribution in [3.05, 3.63) is 63.5 Å². The number of aldehydes is 1. The first-order valence-corrected chi connectivity index (χ1v) is 6.89. The van der Waals surface area contributed by atoms with Crippen molar-refractivity contribution in [3.8, 4) is 10.8 Å². The molecule has 0 aliphatic rings. The van der Waals surface area contributed by atoms with Crippen LogP contribution in [0.2, 0.25) is 0 Å². The summed E-state index contributed by atoms with van der Waals surface area (Å²) in [6, 6.07) is 13.4. The summed E-state index contributed by atoms with van der Waals surface area (Å²) >= 11 is 1.22. The van der Waals surface area contributed by atoms with Gasteiger partial charge in [-0.3, -0.25) is 14.9 Å². The van der Waals surface area contributed by atoms with Crippen molar-refractivity contribution in [1.29, 1.82) is 0 Å². The van der Waals surface area contributed by atoms with E-state index in [0.29, 0.717) is 26.5 Å². The fourth-order valence-electron chi connectivity index (χ4n) is 2.06. The molecule has 0 spiro atoms. The van der Waals surface area contributed by atoms with Crippen molar-refractivity contribution in [2.75, 3.05) is 0 Å². The Labute approximate surface area is 123 Å². The van der Waals surface area contributed by atoms with Gasteiger partial charge in [-0.1, -0.05) is 29.5 Å². The second kappa shape index (κ2) is 5.34. The summed E-state index contributed by atoms with van der Waals surface area (Å²) in [6.07, 6.45) is 0.755. The quantitative estimate of drug-likeness (QED) is 0.406. The molecular weight excluding hydrogens is 290 g/mol. The predicted octanol–water partition coefficient (Wildman–Crippen LogP) is 4.41. The highest BCUT2D eigenvalue weighted by atomic mass is 32.1. The Morgan fingerprint density at radius 1 is 1.05 bits per heavy atom. The zero-order chi connectivity index (χ0) is 14.8. The van der Waals surface area contributed by atoms with E-state index in [4.69, 9.17) is 4.74 Å². The smallest absolute Gasteiger partial charge is 0.277 e. The molecule has 0 aliphatic carbocycles. The molecule has 0 bridgehead atoms. The molecule has 0 radical (unpaired) electrons. The first-order valence-electron chi connectivity index (χ1n) is 6.08. The Hall–Kier alpha value is -2.73. The van der Waals surface area contributed by atoms with Gasteiger partial charge in [-0.2, -0.15) is 0 Å². The van der Waals surface area contributed by atoms with Gasteiger partial charge in [0, 0.05) is 11.5 Å². The Bertz CT molecular complexity index is 841. The minimum Gasteiger partial charge on any atom is -0.446 e. The average molecular weight is 299 g/mol. The van der Waals surface area contributed by atoms with Gasteiger partial charge >= 0.3 is 0 Å². The number of fused-ring (bicyclic) bond motifs is 1. The minimum atomic E-state index is -0.415. The van der Waals surface area contributed by atoms with E-state index in [-0.39, 0.29) is 5.69 Å². The summed E-state index contributed by atoms with van der Waals surface area (Å²) in [4.78, 5) is 21.9. The molecular formula is C15H9NO4S. The van der Waals surface area contributed by atoms with Crippen LogP contribution in [0.4, 0.5) is 5.69 Å². The van der Waals surface area contributed by atoms with Crippen molar-refractivity contribution in [2.24, 2.45) is 0 Å². The second-order valence-electron chi connectivity index (χ2n) is 4.26. The molecule has 0 amide bonds. The third-order valence-corrected chi connectivity index (χ3v) is 3.88. The molecule has 1 aromatic heterocycles. The van der Waals surface area contributed by atoms with Gasteiger partial charge in [0.2, 0.25) is 0 Å². The van der Waals surface area contributed by atoms with E-state index in [1.54, 1.807) is 42.5 Å². The number of carbonyl (C=O) groups excluding carboxylic acids is 1. The van der Waals surface area contributed by atoms with Gasteiger partial charge in [0.1, 0.15) is 5.75 Å². The van der Waals surface area contributed by atoms with E-state index in [9.17, 15) is 14.9 Å². The Morgan fingerprint density at radius 3 is 2.48 bits per heavy atom. The van der Waals surface area contributed by atoms with Gasteiger partial charge in [0.25, 0.3) is 5.69 Å². The lowest BCUT2D eigenvalue weighted by atomic mass is 10.1. The van der Waals surface area contributed by atoms with Crippen LogP contribution in [0.3, 0.4) is 0 Å². The van der Waals surface area contributed by atoms with Crippen LogP contribution >= 0.6 is 11.3 Å². The van der Waals surface area contributed by atoms with Crippen molar-refractivity contribution >= 4 is 34.1 Å². The van der Waals surface area contributed by atoms with Crippen molar-refractivity contribution in [3.63, 3.8) is 0 Å². The lowest BCUT2D eigenvalue weighted by Gasteiger charge is -2.07. The maximum atomic E-state index is 11.1. The summed E-state index contributed by atoms with van der Waals surface area (Å²) in [5, 5.41) is 12.8. The van der Waals surface area contributed by atoms with Crippen molar-refractivity contribution < 1.29 is 14.5 Å². The van der Waals surface area contributed by atoms with E-state index in [0.717, 1.165) is 6.29 Å². The number of hydrogen-bond donors (Lipinski definition) is 0. The average Bonchev–Trinajstić information content (AvgIpc) is 2.95. The van der Waals surface area contributed by atoms with Gasteiger partial charge in [-0.05, 0) is 24.3 Å². The largest absolute Gasteiger partial charge is 0.446 e. The number of nitrogens with zero attached hydrogens (tertiary/aromatic N) is 1.